The van der Waals surface area contributed by atoms with Crippen LogP contribution in [0.25, 0.3) is 0 Å². The van der Waals surface area contributed by atoms with E-state index >= 15 is 0 Å². The molecule has 1 aromatic rings. The van der Waals surface area contributed by atoms with Gasteiger partial charge in [-0.15, -0.1) is 0 Å². The van der Waals surface area contributed by atoms with Gasteiger partial charge >= 0.3 is 5.51 Å². The summed E-state index contributed by atoms with van der Waals surface area (Å²) in [4.78, 5) is 0.253. The molecule has 0 radical (unpaired) electrons. The average molecular weight is 289 g/mol. The van der Waals surface area contributed by atoms with Gasteiger partial charge in [-0.05, 0) is 42.3 Å². The van der Waals surface area contributed by atoms with E-state index < -0.39 is 5.51 Å². The molecular weight excluding hydrogens is 271 g/mol. The Labute approximate surface area is 115 Å². The number of nitrogens with two attached hydrogens (primary N) is 1. The Morgan fingerprint density at radius 1 is 1.16 bits per heavy atom. The van der Waals surface area contributed by atoms with Crippen LogP contribution in [0.4, 0.5) is 13.2 Å². The zero-order chi connectivity index (χ0) is 13.9. The van der Waals surface area contributed by atoms with Crippen molar-refractivity contribution >= 4 is 11.8 Å². The Balaban J connectivity index is 2.26. The molecule has 0 unspecified atom stereocenters. The van der Waals surface area contributed by atoms with E-state index in [4.69, 9.17) is 5.73 Å². The lowest BCUT2D eigenvalue weighted by Crippen LogP contribution is -2.37. The van der Waals surface area contributed by atoms with Gasteiger partial charge in [0.05, 0.1) is 0 Å². The maximum Gasteiger partial charge on any atom is 0.446 e. The van der Waals surface area contributed by atoms with Crippen LogP contribution in [-0.4, -0.2) is 12.1 Å². The second kappa shape index (κ2) is 5.75. The van der Waals surface area contributed by atoms with Gasteiger partial charge in [0.1, 0.15) is 0 Å². The van der Waals surface area contributed by atoms with E-state index in [0.29, 0.717) is 6.54 Å². The van der Waals surface area contributed by atoms with Gasteiger partial charge in [-0.1, -0.05) is 31.4 Å². The summed E-state index contributed by atoms with van der Waals surface area (Å²) < 4.78 is 37.3. The molecule has 1 nitrogen and oxygen atoms in total. The number of thioether (sulfide) groups is 1. The SMILES string of the molecule is NCC1(c2cccc(SC(F)(F)F)c2)CCCCC1. The normalized spacial score (nSPS) is 19.4. The van der Waals surface area contributed by atoms with Crippen molar-refractivity contribution in [3.05, 3.63) is 29.8 Å². The summed E-state index contributed by atoms with van der Waals surface area (Å²) in [5, 5.41) is 0. The quantitative estimate of drug-likeness (QED) is 0.831. The molecule has 0 bridgehead atoms. The first-order valence-electron chi connectivity index (χ1n) is 6.52. The smallest absolute Gasteiger partial charge is 0.330 e. The number of benzene rings is 1. The minimum atomic E-state index is -4.24. The highest BCUT2D eigenvalue weighted by Gasteiger charge is 2.34. The lowest BCUT2D eigenvalue weighted by Gasteiger charge is -2.37. The molecule has 1 aliphatic rings. The molecule has 1 fully saturated rings. The highest BCUT2D eigenvalue weighted by molar-refractivity contribution is 8.00. The van der Waals surface area contributed by atoms with Gasteiger partial charge in [0.2, 0.25) is 0 Å². The van der Waals surface area contributed by atoms with Crippen LogP contribution >= 0.6 is 11.8 Å². The number of alkyl halides is 3. The third kappa shape index (κ3) is 3.66. The molecule has 0 spiro atoms. The number of halogens is 3. The summed E-state index contributed by atoms with van der Waals surface area (Å²) in [6, 6.07) is 6.79. The van der Waals surface area contributed by atoms with Gasteiger partial charge in [-0.25, -0.2) is 0 Å². The molecule has 19 heavy (non-hydrogen) atoms. The van der Waals surface area contributed by atoms with Crippen molar-refractivity contribution in [2.75, 3.05) is 6.54 Å². The standard InChI is InChI=1S/C14H18F3NS/c15-14(16,17)19-12-6-4-5-11(9-12)13(10-18)7-2-1-3-8-13/h4-6,9H,1-3,7-8,10,18H2. The first-order valence-corrected chi connectivity index (χ1v) is 7.33. The molecule has 1 saturated carbocycles. The molecule has 0 atom stereocenters. The van der Waals surface area contributed by atoms with Crippen LogP contribution in [0.2, 0.25) is 0 Å². The van der Waals surface area contributed by atoms with Gasteiger partial charge in [-0.2, -0.15) is 13.2 Å². The van der Waals surface area contributed by atoms with Crippen LogP contribution in [-0.2, 0) is 5.41 Å². The van der Waals surface area contributed by atoms with Crippen molar-refractivity contribution in [3.63, 3.8) is 0 Å². The average Bonchev–Trinajstić information content (AvgIpc) is 2.38. The van der Waals surface area contributed by atoms with Gasteiger partial charge in [0.15, 0.2) is 0 Å². The topological polar surface area (TPSA) is 26.0 Å². The summed E-state index contributed by atoms with van der Waals surface area (Å²) in [5.41, 5.74) is 2.52. The second-order valence-electron chi connectivity index (χ2n) is 5.12. The van der Waals surface area contributed by atoms with Gasteiger partial charge < -0.3 is 5.73 Å². The Hall–Kier alpha value is -0.680. The molecule has 1 aliphatic carbocycles. The minimum Gasteiger partial charge on any atom is -0.330 e. The molecule has 2 rings (SSSR count). The Morgan fingerprint density at radius 2 is 1.84 bits per heavy atom. The third-order valence-electron chi connectivity index (χ3n) is 3.88. The molecule has 0 amide bonds. The fourth-order valence-corrected chi connectivity index (χ4v) is 3.46. The number of hydrogen-bond donors (Lipinski definition) is 1. The van der Waals surface area contributed by atoms with Crippen LogP contribution in [0.15, 0.2) is 29.2 Å². The van der Waals surface area contributed by atoms with Crippen LogP contribution in [0.1, 0.15) is 37.7 Å². The first kappa shape index (κ1) is 14.7. The van der Waals surface area contributed by atoms with E-state index in [-0.39, 0.29) is 22.1 Å². The van der Waals surface area contributed by atoms with Crippen LogP contribution in [0, 0.1) is 0 Å². The third-order valence-corrected chi connectivity index (χ3v) is 4.60. The summed E-state index contributed by atoms with van der Waals surface area (Å²) in [7, 11) is 0. The van der Waals surface area contributed by atoms with Crippen LogP contribution in [0.5, 0.6) is 0 Å². The van der Waals surface area contributed by atoms with E-state index in [1.54, 1.807) is 12.1 Å². The van der Waals surface area contributed by atoms with Crippen molar-refractivity contribution in [1.82, 2.24) is 0 Å². The molecule has 2 N–H and O–H groups in total. The van der Waals surface area contributed by atoms with Crippen molar-refractivity contribution in [3.8, 4) is 0 Å². The van der Waals surface area contributed by atoms with Crippen LogP contribution < -0.4 is 5.73 Å². The molecule has 0 aromatic heterocycles. The van der Waals surface area contributed by atoms with Crippen molar-refractivity contribution in [2.45, 2.75) is 47.9 Å². The molecule has 0 saturated heterocycles. The maximum absolute atomic E-state index is 12.4. The van der Waals surface area contributed by atoms with Gasteiger partial charge in [0.25, 0.3) is 0 Å². The van der Waals surface area contributed by atoms with Gasteiger partial charge in [0, 0.05) is 16.9 Å². The van der Waals surface area contributed by atoms with E-state index in [2.05, 4.69) is 0 Å². The Bertz CT molecular complexity index is 425. The summed E-state index contributed by atoms with van der Waals surface area (Å²) in [6.45, 7) is 0.507. The summed E-state index contributed by atoms with van der Waals surface area (Å²) >= 11 is -0.0527. The maximum atomic E-state index is 12.4. The van der Waals surface area contributed by atoms with Crippen molar-refractivity contribution in [2.24, 2.45) is 5.73 Å². The molecule has 0 aliphatic heterocycles. The largest absolute Gasteiger partial charge is 0.446 e. The molecule has 106 valence electrons. The fourth-order valence-electron chi connectivity index (χ4n) is 2.86. The summed E-state index contributed by atoms with van der Waals surface area (Å²) in [5.74, 6) is 0. The lowest BCUT2D eigenvalue weighted by molar-refractivity contribution is -0.0328. The molecule has 0 heterocycles. The number of rotatable bonds is 3. The minimum absolute atomic E-state index is 0.0527. The van der Waals surface area contributed by atoms with E-state index in [0.717, 1.165) is 31.2 Å². The molecular formula is C14H18F3NS. The van der Waals surface area contributed by atoms with Crippen molar-refractivity contribution in [1.29, 1.82) is 0 Å². The number of hydrogen-bond acceptors (Lipinski definition) is 2. The predicted molar refractivity (Wildman–Crippen MR) is 72.2 cm³/mol. The van der Waals surface area contributed by atoms with Gasteiger partial charge in [-0.3, -0.25) is 0 Å². The zero-order valence-corrected chi connectivity index (χ0v) is 11.5. The lowest BCUT2D eigenvalue weighted by atomic mass is 9.69. The van der Waals surface area contributed by atoms with E-state index in [1.165, 1.54) is 12.5 Å². The highest BCUT2D eigenvalue weighted by atomic mass is 32.2. The monoisotopic (exact) mass is 289 g/mol. The van der Waals surface area contributed by atoms with E-state index in [9.17, 15) is 13.2 Å². The Kier molecular flexibility index (Phi) is 4.46. The van der Waals surface area contributed by atoms with Crippen LogP contribution in [0.3, 0.4) is 0 Å². The molecule has 5 heteroatoms. The predicted octanol–water partition coefficient (Wildman–Crippen LogP) is 4.46. The van der Waals surface area contributed by atoms with Crippen molar-refractivity contribution < 1.29 is 13.2 Å². The first-order chi connectivity index (χ1) is 8.95. The summed E-state index contributed by atoms with van der Waals surface area (Å²) in [6.07, 6.45) is 5.35. The second-order valence-corrected chi connectivity index (χ2v) is 6.26. The molecule has 1 aromatic carbocycles. The zero-order valence-electron chi connectivity index (χ0n) is 10.7. The fraction of sp³-hybridized carbons (Fsp3) is 0.571. The highest BCUT2D eigenvalue weighted by Crippen LogP contribution is 2.42. The Morgan fingerprint density at radius 3 is 2.42 bits per heavy atom. The van der Waals surface area contributed by atoms with E-state index in [1.807, 2.05) is 6.07 Å².